The van der Waals surface area contributed by atoms with Gasteiger partial charge in [-0.25, -0.2) is 4.79 Å². The third kappa shape index (κ3) is 2.38. The number of fused-ring (bicyclic) bond motifs is 1. The lowest BCUT2D eigenvalue weighted by atomic mass is 9.79. The van der Waals surface area contributed by atoms with E-state index in [0.29, 0.717) is 4.91 Å². The Morgan fingerprint density at radius 2 is 2.12 bits per heavy atom. The number of β-lactam (4-membered cyclic amide) rings is 1. The highest BCUT2D eigenvalue weighted by atomic mass is 32.2. The number of carboxylic acids is 1. The summed E-state index contributed by atoms with van der Waals surface area (Å²) in [7, 11) is 0. The summed E-state index contributed by atoms with van der Waals surface area (Å²) >= 11 is 1.33. The average molecular weight is 358 g/mol. The van der Waals surface area contributed by atoms with Crippen molar-refractivity contribution in [3.8, 4) is 0 Å². The SMILES string of the molecule is C[C@H]1C(S[C@H]2[C@@H](CN)O[C@@H]2CO)=C(C(=O)O)N2C(=O)[C@H]([C@@H](C)O)C12. The number of carbonyl (C=O) groups is 2. The van der Waals surface area contributed by atoms with Crippen LogP contribution >= 0.6 is 11.8 Å². The molecule has 24 heavy (non-hydrogen) atoms. The van der Waals surface area contributed by atoms with Crippen molar-refractivity contribution in [1.29, 1.82) is 0 Å². The molecule has 9 heteroatoms. The predicted octanol–water partition coefficient (Wildman–Crippen LogP) is -1.04. The van der Waals surface area contributed by atoms with Crippen LogP contribution in [0.2, 0.25) is 0 Å². The van der Waals surface area contributed by atoms with Gasteiger partial charge in [0.05, 0.1) is 42.1 Å². The minimum absolute atomic E-state index is 0.0150. The number of aliphatic hydroxyl groups excluding tert-OH is 2. The maximum absolute atomic E-state index is 12.3. The van der Waals surface area contributed by atoms with Gasteiger partial charge < -0.3 is 30.7 Å². The van der Waals surface area contributed by atoms with Gasteiger partial charge in [0.25, 0.3) is 0 Å². The van der Waals surface area contributed by atoms with Crippen molar-refractivity contribution in [1.82, 2.24) is 4.90 Å². The Hall–Kier alpha value is -1.13. The molecule has 0 aromatic rings. The Labute approximate surface area is 143 Å². The molecule has 3 heterocycles. The Morgan fingerprint density at radius 1 is 1.46 bits per heavy atom. The van der Waals surface area contributed by atoms with Crippen LogP contribution < -0.4 is 5.73 Å². The van der Waals surface area contributed by atoms with E-state index < -0.39 is 24.1 Å². The van der Waals surface area contributed by atoms with E-state index in [2.05, 4.69) is 0 Å². The molecule has 1 amide bonds. The van der Waals surface area contributed by atoms with Gasteiger partial charge in [-0.05, 0) is 6.92 Å². The number of rotatable bonds is 6. The molecule has 134 valence electrons. The number of nitrogens with two attached hydrogens (primary N) is 1. The molecule has 0 bridgehead atoms. The first-order valence-electron chi connectivity index (χ1n) is 7.95. The van der Waals surface area contributed by atoms with Gasteiger partial charge in [-0.2, -0.15) is 0 Å². The fraction of sp³-hybridized carbons (Fsp3) is 0.733. The van der Waals surface area contributed by atoms with Gasteiger partial charge in [-0.15, -0.1) is 11.8 Å². The molecule has 2 saturated heterocycles. The zero-order valence-electron chi connectivity index (χ0n) is 13.5. The lowest BCUT2D eigenvalue weighted by Crippen LogP contribution is -2.63. The molecule has 3 aliphatic rings. The van der Waals surface area contributed by atoms with E-state index in [1.54, 1.807) is 6.92 Å². The first kappa shape index (κ1) is 17.7. The van der Waals surface area contributed by atoms with Crippen LogP contribution in [0, 0.1) is 11.8 Å². The number of carboxylic acid groups (broad SMARTS) is 1. The van der Waals surface area contributed by atoms with E-state index in [0.717, 1.165) is 0 Å². The summed E-state index contributed by atoms with van der Waals surface area (Å²) in [6.45, 7) is 3.52. The van der Waals surface area contributed by atoms with Crippen molar-refractivity contribution in [2.75, 3.05) is 13.2 Å². The number of hydrogen-bond acceptors (Lipinski definition) is 7. The first-order valence-corrected chi connectivity index (χ1v) is 8.83. The first-order chi connectivity index (χ1) is 11.3. The van der Waals surface area contributed by atoms with Gasteiger partial charge in [0.2, 0.25) is 5.91 Å². The van der Waals surface area contributed by atoms with Crippen LogP contribution in [-0.2, 0) is 14.3 Å². The van der Waals surface area contributed by atoms with Crippen LogP contribution in [0.4, 0.5) is 0 Å². The molecule has 8 nitrogen and oxygen atoms in total. The topological polar surface area (TPSA) is 133 Å². The molecule has 0 aromatic heterocycles. The zero-order valence-corrected chi connectivity index (χ0v) is 14.3. The lowest BCUT2D eigenvalue weighted by Gasteiger charge is -2.46. The molecule has 0 aromatic carbocycles. The lowest BCUT2D eigenvalue weighted by molar-refractivity contribution is -0.163. The average Bonchev–Trinajstić information content (AvgIpc) is 2.73. The van der Waals surface area contributed by atoms with Gasteiger partial charge in [0.1, 0.15) is 5.70 Å². The highest BCUT2D eigenvalue weighted by Gasteiger charge is 2.60. The van der Waals surface area contributed by atoms with Gasteiger partial charge in [0.15, 0.2) is 0 Å². The summed E-state index contributed by atoms with van der Waals surface area (Å²) in [4.78, 5) is 25.9. The minimum atomic E-state index is -1.16. The number of hydrogen-bond donors (Lipinski definition) is 4. The molecule has 0 spiro atoms. The number of aliphatic carboxylic acids is 1. The van der Waals surface area contributed by atoms with Gasteiger partial charge in [0, 0.05) is 17.4 Å². The van der Waals surface area contributed by atoms with Crippen molar-refractivity contribution in [3.05, 3.63) is 10.6 Å². The van der Waals surface area contributed by atoms with E-state index in [1.165, 1.54) is 16.7 Å². The van der Waals surface area contributed by atoms with Crippen molar-refractivity contribution in [3.63, 3.8) is 0 Å². The van der Waals surface area contributed by atoms with Crippen molar-refractivity contribution < 1.29 is 29.6 Å². The minimum Gasteiger partial charge on any atom is -0.477 e. The summed E-state index contributed by atoms with van der Waals surface area (Å²) < 4.78 is 5.45. The van der Waals surface area contributed by atoms with E-state index in [9.17, 15) is 24.9 Å². The number of nitrogens with zero attached hydrogens (tertiary/aromatic N) is 1. The van der Waals surface area contributed by atoms with E-state index in [4.69, 9.17) is 10.5 Å². The summed E-state index contributed by atoms with van der Waals surface area (Å²) in [5, 5.41) is 28.6. The van der Waals surface area contributed by atoms with Crippen molar-refractivity contribution in [2.45, 2.75) is 43.5 Å². The Bertz CT molecular complexity index is 585. The molecule has 0 saturated carbocycles. The van der Waals surface area contributed by atoms with E-state index in [1.807, 2.05) is 6.92 Å². The maximum Gasteiger partial charge on any atom is 0.353 e. The largest absolute Gasteiger partial charge is 0.477 e. The van der Waals surface area contributed by atoms with Crippen molar-refractivity contribution >= 4 is 23.6 Å². The Balaban J connectivity index is 1.88. The quantitative estimate of drug-likeness (QED) is 0.443. The second-order valence-electron chi connectivity index (χ2n) is 6.49. The van der Waals surface area contributed by atoms with E-state index in [-0.39, 0.29) is 48.1 Å². The summed E-state index contributed by atoms with van der Waals surface area (Å²) in [6, 6.07) is -0.337. The van der Waals surface area contributed by atoms with Crippen molar-refractivity contribution in [2.24, 2.45) is 17.6 Å². The second-order valence-corrected chi connectivity index (χ2v) is 7.71. The highest BCUT2D eigenvalue weighted by molar-refractivity contribution is 8.03. The zero-order chi connectivity index (χ0) is 17.8. The van der Waals surface area contributed by atoms with Gasteiger partial charge in [-0.3, -0.25) is 4.79 Å². The molecule has 1 unspecified atom stereocenters. The number of amides is 1. The molecular formula is C15H22N2O6S. The molecular weight excluding hydrogens is 336 g/mol. The van der Waals surface area contributed by atoms with Crippen LogP contribution in [-0.4, -0.2) is 74.9 Å². The fourth-order valence-corrected chi connectivity index (χ4v) is 5.42. The predicted molar refractivity (Wildman–Crippen MR) is 85.8 cm³/mol. The molecule has 7 atom stereocenters. The molecule has 0 aliphatic carbocycles. The fourth-order valence-electron chi connectivity index (χ4n) is 3.84. The standard InChI is InChI=1S/C15H22N2O6S/c1-5-10-9(6(2)19)14(20)17(10)11(15(21)22)12(5)24-13-7(3-16)23-8(13)4-18/h5-10,13,18-19H,3-4,16H2,1-2H3,(H,21,22)/t5-,6-,7-,8-,9-,10?,13+/m1/s1. The Kier molecular flexibility index (Phi) is 4.65. The molecule has 2 fully saturated rings. The smallest absolute Gasteiger partial charge is 0.353 e. The summed E-state index contributed by atoms with van der Waals surface area (Å²) in [5.74, 6) is -2.29. The van der Waals surface area contributed by atoms with Gasteiger partial charge >= 0.3 is 5.97 Å². The van der Waals surface area contributed by atoms with Crippen LogP contribution in [0.3, 0.4) is 0 Å². The number of ether oxygens (including phenoxy) is 1. The molecule has 5 N–H and O–H groups in total. The summed E-state index contributed by atoms with van der Waals surface area (Å²) in [5.41, 5.74) is 5.63. The third-order valence-electron chi connectivity index (χ3n) is 5.07. The molecule has 0 radical (unpaired) electrons. The number of aliphatic hydroxyl groups is 2. The van der Waals surface area contributed by atoms with Crippen LogP contribution in [0.1, 0.15) is 13.8 Å². The monoisotopic (exact) mass is 358 g/mol. The molecule has 3 aliphatic heterocycles. The molecule has 3 rings (SSSR count). The summed E-state index contributed by atoms with van der Waals surface area (Å²) in [6.07, 6.45) is -1.47. The normalized spacial score (nSPS) is 39.4. The number of carbonyl (C=O) groups excluding carboxylic acids is 1. The third-order valence-corrected chi connectivity index (χ3v) is 6.77. The van der Waals surface area contributed by atoms with Crippen LogP contribution in [0.5, 0.6) is 0 Å². The Morgan fingerprint density at radius 3 is 2.62 bits per heavy atom. The second kappa shape index (κ2) is 6.30. The van der Waals surface area contributed by atoms with Gasteiger partial charge in [-0.1, -0.05) is 6.92 Å². The highest BCUT2D eigenvalue weighted by Crippen LogP contribution is 2.53. The van der Waals surface area contributed by atoms with Crippen LogP contribution in [0.15, 0.2) is 10.6 Å². The van der Waals surface area contributed by atoms with E-state index >= 15 is 0 Å². The van der Waals surface area contributed by atoms with Crippen LogP contribution in [0.25, 0.3) is 0 Å². The maximum atomic E-state index is 12.3. The number of thioether (sulfide) groups is 1.